The molecule has 1 fully saturated rings. The van der Waals surface area contributed by atoms with Gasteiger partial charge in [0.05, 0.1) is 6.10 Å². The number of nitrogens with one attached hydrogen (secondary N) is 1. The summed E-state index contributed by atoms with van der Waals surface area (Å²) in [5.41, 5.74) is 1.26. The molecule has 1 saturated carbocycles. The van der Waals surface area contributed by atoms with E-state index in [0.717, 1.165) is 36.7 Å². The van der Waals surface area contributed by atoms with Crippen molar-refractivity contribution in [3.63, 3.8) is 0 Å². The van der Waals surface area contributed by atoms with Gasteiger partial charge in [-0.15, -0.1) is 11.3 Å². The molecule has 0 unspecified atom stereocenters. The molecule has 1 aliphatic rings. The Kier molecular flexibility index (Phi) is 5.11. The van der Waals surface area contributed by atoms with Gasteiger partial charge in [-0.3, -0.25) is 0 Å². The van der Waals surface area contributed by atoms with Crippen LogP contribution in [0, 0.1) is 0 Å². The van der Waals surface area contributed by atoms with E-state index in [-0.39, 0.29) is 6.10 Å². The summed E-state index contributed by atoms with van der Waals surface area (Å²) in [5.74, 6) is 0. The topological polar surface area (TPSA) is 32.3 Å². The fraction of sp³-hybridized carbons (Fsp3) is 0.412. The summed E-state index contributed by atoms with van der Waals surface area (Å²) < 4.78 is 1.15. The largest absolute Gasteiger partial charge is 0.393 e. The standard InChI is InChI=1S/C17H20BrNOS/c18-16-4-2-1-3-15(16)17-10-9-14(21-17)11-19-12-5-7-13(20)8-6-12/h1-4,9-10,12-13,19-20H,5-8,11H2. The zero-order valence-corrected chi connectivity index (χ0v) is 14.3. The Morgan fingerprint density at radius 2 is 1.86 bits per heavy atom. The molecule has 1 aromatic heterocycles. The van der Waals surface area contributed by atoms with Gasteiger partial charge in [0.1, 0.15) is 0 Å². The minimum atomic E-state index is -0.0770. The van der Waals surface area contributed by atoms with Gasteiger partial charge >= 0.3 is 0 Å². The van der Waals surface area contributed by atoms with Crippen molar-refractivity contribution in [3.05, 3.63) is 45.7 Å². The first-order valence-electron chi connectivity index (χ1n) is 7.47. The minimum absolute atomic E-state index is 0.0770. The first-order valence-corrected chi connectivity index (χ1v) is 9.08. The molecule has 21 heavy (non-hydrogen) atoms. The Morgan fingerprint density at radius 3 is 2.62 bits per heavy atom. The fourth-order valence-electron chi connectivity index (χ4n) is 2.80. The first kappa shape index (κ1) is 15.2. The van der Waals surface area contributed by atoms with Gasteiger partial charge in [0, 0.05) is 32.4 Å². The van der Waals surface area contributed by atoms with Gasteiger partial charge in [0.25, 0.3) is 0 Å². The van der Waals surface area contributed by atoms with Crippen LogP contribution in [0.2, 0.25) is 0 Å². The lowest BCUT2D eigenvalue weighted by molar-refractivity contribution is 0.116. The minimum Gasteiger partial charge on any atom is -0.393 e. The van der Waals surface area contributed by atoms with Crippen LogP contribution >= 0.6 is 27.3 Å². The van der Waals surface area contributed by atoms with Crippen LogP contribution in [0.25, 0.3) is 10.4 Å². The highest BCUT2D eigenvalue weighted by Gasteiger charge is 2.18. The highest BCUT2D eigenvalue weighted by molar-refractivity contribution is 9.10. The molecule has 3 rings (SSSR count). The Bertz CT molecular complexity index is 590. The average Bonchev–Trinajstić information content (AvgIpc) is 2.96. The van der Waals surface area contributed by atoms with Gasteiger partial charge in [-0.05, 0) is 43.9 Å². The third kappa shape index (κ3) is 3.95. The van der Waals surface area contributed by atoms with Crippen molar-refractivity contribution >= 4 is 27.3 Å². The fourth-order valence-corrected chi connectivity index (χ4v) is 4.43. The van der Waals surface area contributed by atoms with Crippen LogP contribution in [-0.4, -0.2) is 17.3 Å². The number of halogens is 1. The molecule has 0 spiro atoms. The van der Waals surface area contributed by atoms with Crippen molar-refractivity contribution in [2.45, 2.75) is 44.4 Å². The number of thiophene rings is 1. The van der Waals surface area contributed by atoms with Gasteiger partial charge < -0.3 is 10.4 Å². The number of benzene rings is 1. The Morgan fingerprint density at radius 1 is 1.10 bits per heavy atom. The quantitative estimate of drug-likeness (QED) is 0.831. The van der Waals surface area contributed by atoms with E-state index in [1.54, 1.807) is 0 Å². The van der Waals surface area contributed by atoms with Crippen LogP contribution in [0.5, 0.6) is 0 Å². The number of hydrogen-bond acceptors (Lipinski definition) is 3. The molecule has 0 amide bonds. The lowest BCUT2D eigenvalue weighted by Crippen LogP contribution is -2.33. The summed E-state index contributed by atoms with van der Waals surface area (Å²) in [6.07, 6.45) is 3.97. The zero-order valence-electron chi connectivity index (χ0n) is 11.9. The van der Waals surface area contributed by atoms with Crippen LogP contribution in [0.3, 0.4) is 0 Å². The molecule has 1 heterocycles. The molecule has 0 saturated heterocycles. The molecular formula is C17H20BrNOS. The number of rotatable bonds is 4. The predicted octanol–water partition coefficient (Wildman–Crippen LogP) is 4.57. The van der Waals surface area contributed by atoms with Gasteiger partial charge in [-0.25, -0.2) is 0 Å². The second-order valence-electron chi connectivity index (χ2n) is 5.63. The normalized spacial score (nSPS) is 22.4. The van der Waals surface area contributed by atoms with Crippen molar-refractivity contribution in [1.29, 1.82) is 0 Å². The summed E-state index contributed by atoms with van der Waals surface area (Å²) in [6.45, 7) is 0.926. The molecule has 0 atom stereocenters. The van der Waals surface area contributed by atoms with Gasteiger partial charge in [-0.2, -0.15) is 0 Å². The van der Waals surface area contributed by atoms with E-state index in [2.05, 4.69) is 51.6 Å². The van der Waals surface area contributed by atoms with E-state index < -0.39 is 0 Å². The van der Waals surface area contributed by atoms with Crippen LogP contribution in [0.4, 0.5) is 0 Å². The van der Waals surface area contributed by atoms with Crippen molar-refractivity contribution in [2.24, 2.45) is 0 Å². The summed E-state index contributed by atoms with van der Waals surface area (Å²) in [6, 6.07) is 13.3. The molecule has 2 aromatic rings. The second-order valence-corrected chi connectivity index (χ2v) is 7.65. The van der Waals surface area contributed by atoms with E-state index in [4.69, 9.17) is 0 Å². The van der Waals surface area contributed by atoms with Crippen molar-refractivity contribution in [2.75, 3.05) is 0 Å². The number of hydrogen-bond donors (Lipinski definition) is 2. The Hall–Kier alpha value is -0.680. The molecule has 112 valence electrons. The van der Waals surface area contributed by atoms with Crippen LogP contribution in [0.1, 0.15) is 30.6 Å². The summed E-state index contributed by atoms with van der Waals surface area (Å²) >= 11 is 5.46. The van der Waals surface area contributed by atoms with Gasteiger partial charge in [-0.1, -0.05) is 34.1 Å². The molecule has 4 heteroatoms. The van der Waals surface area contributed by atoms with Gasteiger partial charge in [0.2, 0.25) is 0 Å². The summed E-state index contributed by atoms with van der Waals surface area (Å²) in [4.78, 5) is 2.67. The van der Waals surface area contributed by atoms with Crippen molar-refractivity contribution < 1.29 is 5.11 Å². The Balaban J connectivity index is 1.59. The maximum absolute atomic E-state index is 9.54. The van der Waals surface area contributed by atoms with Gasteiger partial charge in [0.15, 0.2) is 0 Å². The molecule has 2 N–H and O–H groups in total. The predicted molar refractivity (Wildman–Crippen MR) is 92.6 cm³/mol. The van der Waals surface area contributed by atoms with E-state index in [9.17, 15) is 5.11 Å². The molecule has 2 nitrogen and oxygen atoms in total. The monoisotopic (exact) mass is 365 g/mol. The van der Waals surface area contributed by atoms with Crippen LogP contribution < -0.4 is 5.32 Å². The van der Waals surface area contributed by atoms with Crippen molar-refractivity contribution in [3.8, 4) is 10.4 Å². The molecule has 0 aliphatic heterocycles. The molecule has 0 radical (unpaired) electrons. The molecule has 0 bridgehead atoms. The molecule has 1 aliphatic carbocycles. The summed E-state index contributed by atoms with van der Waals surface area (Å²) in [5, 5.41) is 13.2. The van der Waals surface area contributed by atoms with E-state index in [1.807, 2.05) is 17.4 Å². The number of aliphatic hydroxyl groups is 1. The zero-order chi connectivity index (χ0) is 14.7. The number of aliphatic hydroxyl groups excluding tert-OH is 1. The van der Waals surface area contributed by atoms with Crippen LogP contribution in [-0.2, 0) is 6.54 Å². The van der Waals surface area contributed by atoms with E-state index >= 15 is 0 Å². The molecule has 1 aromatic carbocycles. The van der Waals surface area contributed by atoms with E-state index in [0.29, 0.717) is 6.04 Å². The highest BCUT2D eigenvalue weighted by Crippen LogP contribution is 2.33. The maximum Gasteiger partial charge on any atom is 0.0541 e. The molecular weight excluding hydrogens is 346 g/mol. The SMILES string of the molecule is OC1CCC(NCc2ccc(-c3ccccc3Br)s2)CC1. The van der Waals surface area contributed by atoms with Crippen molar-refractivity contribution in [1.82, 2.24) is 5.32 Å². The van der Waals surface area contributed by atoms with Crippen LogP contribution in [0.15, 0.2) is 40.9 Å². The third-order valence-corrected chi connectivity index (χ3v) is 5.87. The Labute approximate surface area is 138 Å². The second kappa shape index (κ2) is 7.05. The highest BCUT2D eigenvalue weighted by atomic mass is 79.9. The summed E-state index contributed by atoms with van der Waals surface area (Å²) in [7, 11) is 0. The third-order valence-electron chi connectivity index (χ3n) is 4.06. The first-order chi connectivity index (χ1) is 10.2. The lowest BCUT2D eigenvalue weighted by Gasteiger charge is -2.26. The smallest absolute Gasteiger partial charge is 0.0541 e. The average molecular weight is 366 g/mol. The maximum atomic E-state index is 9.54. The van der Waals surface area contributed by atoms with E-state index in [1.165, 1.54) is 15.3 Å². The lowest BCUT2D eigenvalue weighted by atomic mass is 9.93.